The fourth-order valence-electron chi connectivity index (χ4n) is 0.963. The van der Waals surface area contributed by atoms with Crippen molar-refractivity contribution in [3.05, 3.63) is 34.6 Å². The normalized spacial score (nSPS) is 10.7. The Balaban J connectivity index is 3.01. The molecule has 0 aliphatic heterocycles. The van der Waals surface area contributed by atoms with Crippen LogP contribution >= 0.6 is 11.6 Å². The Kier molecular flexibility index (Phi) is 3.65. The number of allylic oxidation sites excluding steroid dienone is 1. The van der Waals surface area contributed by atoms with Crippen molar-refractivity contribution in [2.24, 2.45) is 0 Å². The van der Waals surface area contributed by atoms with Crippen LogP contribution in [0.1, 0.15) is 12.0 Å². The van der Waals surface area contributed by atoms with Gasteiger partial charge in [0.25, 0.3) is 0 Å². The van der Waals surface area contributed by atoms with Crippen LogP contribution in [-0.2, 0) is 4.79 Å². The number of rotatable bonds is 3. The van der Waals surface area contributed by atoms with Gasteiger partial charge in [0.15, 0.2) is 11.6 Å². The summed E-state index contributed by atoms with van der Waals surface area (Å²) in [6.45, 7) is 0. The molecule has 1 aromatic rings. The van der Waals surface area contributed by atoms with Gasteiger partial charge in [-0.05, 0) is 12.1 Å². The summed E-state index contributed by atoms with van der Waals surface area (Å²) in [5.74, 6) is -1.24. The van der Waals surface area contributed by atoms with Crippen LogP contribution in [0, 0.1) is 5.82 Å². The van der Waals surface area contributed by atoms with Crippen LogP contribution in [0.5, 0.6) is 5.75 Å². The molecule has 0 bridgehead atoms. The fourth-order valence-corrected chi connectivity index (χ4v) is 1.18. The van der Waals surface area contributed by atoms with Crippen LogP contribution < -0.4 is 0 Å². The van der Waals surface area contributed by atoms with Gasteiger partial charge in [0.05, 0.1) is 0 Å². The largest absolute Gasteiger partial charge is 0.504 e. The van der Waals surface area contributed by atoms with Crippen LogP contribution in [-0.4, -0.2) is 11.4 Å². The molecule has 1 aromatic carbocycles. The van der Waals surface area contributed by atoms with Crippen molar-refractivity contribution in [1.29, 1.82) is 0 Å². The molecule has 0 aromatic heterocycles. The molecule has 14 heavy (non-hydrogen) atoms. The number of carbonyl (C=O) groups excluding carboxylic acids is 1. The predicted octanol–water partition coefficient (Wildman–Crippen LogP) is 2.79. The zero-order valence-electron chi connectivity index (χ0n) is 7.21. The minimum absolute atomic E-state index is 0.200. The standard InChI is InChI=1S/C10H8ClFO2/c11-8-5-7(3-1-2-4-13)10(14)9(12)6-8/h1,3-6,14H,2H2. The number of phenols is 1. The highest BCUT2D eigenvalue weighted by atomic mass is 35.5. The quantitative estimate of drug-likeness (QED) is 0.786. The summed E-state index contributed by atoms with van der Waals surface area (Å²) >= 11 is 5.58. The highest BCUT2D eigenvalue weighted by Gasteiger charge is 2.05. The number of hydrogen-bond donors (Lipinski definition) is 1. The molecule has 0 heterocycles. The van der Waals surface area contributed by atoms with E-state index in [0.717, 1.165) is 6.07 Å². The lowest BCUT2D eigenvalue weighted by Crippen LogP contribution is -1.81. The van der Waals surface area contributed by atoms with E-state index in [1.165, 1.54) is 18.2 Å². The van der Waals surface area contributed by atoms with Crippen LogP contribution in [0.3, 0.4) is 0 Å². The molecule has 2 nitrogen and oxygen atoms in total. The maximum Gasteiger partial charge on any atom is 0.166 e. The fraction of sp³-hybridized carbons (Fsp3) is 0.100. The second-order valence-electron chi connectivity index (χ2n) is 2.63. The van der Waals surface area contributed by atoms with Crippen molar-refractivity contribution < 1.29 is 14.3 Å². The molecule has 0 amide bonds. The number of carbonyl (C=O) groups is 1. The van der Waals surface area contributed by atoms with E-state index in [4.69, 9.17) is 11.6 Å². The molecule has 0 atom stereocenters. The molecule has 0 aliphatic carbocycles. The monoisotopic (exact) mass is 214 g/mol. The molecule has 0 saturated carbocycles. The van der Waals surface area contributed by atoms with Crippen molar-refractivity contribution >= 4 is 24.0 Å². The topological polar surface area (TPSA) is 37.3 Å². The van der Waals surface area contributed by atoms with Gasteiger partial charge in [-0.25, -0.2) is 4.39 Å². The van der Waals surface area contributed by atoms with Gasteiger partial charge >= 0.3 is 0 Å². The maximum atomic E-state index is 12.9. The molecule has 0 radical (unpaired) electrons. The van der Waals surface area contributed by atoms with Gasteiger partial charge in [0.1, 0.15) is 6.29 Å². The molecule has 0 unspecified atom stereocenters. The molecular weight excluding hydrogens is 207 g/mol. The summed E-state index contributed by atoms with van der Waals surface area (Å²) in [6.07, 6.45) is 3.87. The van der Waals surface area contributed by atoms with Crippen LogP contribution in [0.2, 0.25) is 5.02 Å². The van der Waals surface area contributed by atoms with Crippen molar-refractivity contribution in [3.8, 4) is 5.75 Å². The highest BCUT2D eigenvalue weighted by Crippen LogP contribution is 2.26. The van der Waals surface area contributed by atoms with Gasteiger partial charge in [0, 0.05) is 17.0 Å². The van der Waals surface area contributed by atoms with E-state index in [-0.39, 0.29) is 17.0 Å². The van der Waals surface area contributed by atoms with Gasteiger partial charge in [-0.3, -0.25) is 0 Å². The Morgan fingerprint density at radius 3 is 2.86 bits per heavy atom. The molecular formula is C10H8ClFO2. The van der Waals surface area contributed by atoms with E-state index in [1.54, 1.807) is 0 Å². The maximum absolute atomic E-state index is 12.9. The molecule has 4 heteroatoms. The smallest absolute Gasteiger partial charge is 0.166 e. The average molecular weight is 215 g/mol. The molecule has 0 fully saturated rings. The van der Waals surface area contributed by atoms with Gasteiger partial charge in [-0.1, -0.05) is 23.8 Å². The third kappa shape index (κ3) is 2.57. The van der Waals surface area contributed by atoms with Gasteiger partial charge in [-0.15, -0.1) is 0 Å². The van der Waals surface area contributed by atoms with Gasteiger partial charge < -0.3 is 9.90 Å². The van der Waals surface area contributed by atoms with Crippen molar-refractivity contribution in [1.82, 2.24) is 0 Å². The minimum atomic E-state index is -0.775. The molecule has 1 N–H and O–H groups in total. The predicted molar refractivity (Wildman–Crippen MR) is 52.8 cm³/mol. The number of hydrogen-bond acceptors (Lipinski definition) is 2. The van der Waals surface area contributed by atoms with Crippen molar-refractivity contribution in [2.45, 2.75) is 6.42 Å². The first-order chi connectivity index (χ1) is 6.65. The Bertz CT molecular complexity index is 375. The Morgan fingerprint density at radius 1 is 1.50 bits per heavy atom. The summed E-state index contributed by atoms with van der Waals surface area (Å²) in [7, 11) is 0. The van der Waals surface area contributed by atoms with Crippen LogP contribution in [0.25, 0.3) is 6.08 Å². The number of benzene rings is 1. The molecule has 0 aliphatic rings. The molecule has 74 valence electrons. The van der Waals surface area contributed by atoms with E-state index in [1.807, 2.05) is 0 Å². The molecule has 0 saturated heterocycles. The van der Waals surface area contributed by atoms with Gasteiger partial charge in [-0.2, -0.15) is 0 Å². The third-order valence-electron chi connectivity index (χ3n) is 1.59. The summed E-state index contributed by atoms with van der Waals surface area (Å²) < 4.78 is 12.9. The van der Waals surface area contributed by atoms with E-state index in [0.29, 0.717) is 6.29 Å². The number of phenolic OH excluding ortho intramolecular Hbond substituents is 1. The lowest BCUT2D eigenvalue weighted by molar-refractivity contribution is -0.107. The second kappa shape index (κ2) is 4.77. The third-order valence-corrected chi connectivity index (χ3v) is 1.81. The first-order valence-corrected chi connectivity index (χ1v) is 4.31. The zero-order valence-corrected chi connectivity index (χ0v) is 7.96. The van der Waals surface area contributed by atoms with E-state index >= 15 is 0 Å². The first-order valence-electron chi connectivity index (χ1n) is 3.93. The molecule has 0 spiro atoms. The second-order valence-corrected chi connectivity index (χ2v) is 3.07. The summed E-state index contributed by atoms with van der Waals surface area (Å²) in [5.41, 5.74) is 0.261. The SMILES string of the molecule is O=CCC=Cc1cc(Cl)cc(F)c1O. The Hall–Kier alpha value is -1.35. The number of aldehydes is 1. The average Bonchev–Trinajstić information content (AvgIpc) is 2.13. The lowest BCUT2D eigenvalue weighted by Gasteiger charge is -2.00. The summed E-state index contributed by atoms with van der Waals surface area (Å²) in [5, 5.41) is 9.45. The Labute approximate surface area is 85.6 Å². The molecule has 1 rings (SSSR count). The number of aromatic hydroxyl groups is 1. The minimum Gasteiger partial charge on any atom is -0.504 e. The highest BCUT2D eigenvalue weighted by molar-refractivity contribution is 6.30. The summed E-state index contributed by atoms with van der Waals surface area (Å²) in [6, 6.07) is 2.44. The van der Waals surface area contributed by atoms with Gasteiger partial charge in [0.2, 0.25) is 0 Å². The van der Waals surface area contributed by atoms with Crippen molar-refractivity contribution in [2.75, 3.05) is 0 Å². The van der Waals surface area contributed by atoms with Crippen molar-refractivity contribution in [3.63, 3.8) is 0 Å². The van der Waals surface area contributed by atoms with Crippen LogP contribution in [0.4, 0.5) is 4.39 Å². The van der Waals surface area contributed by atoms with Crippen LogP contribution in [0.15, 0.2) is 18.2 Å². The number of halogens is 2. The lowest BCUT2D eigenvalue weighted by atomic mass is 10.1. The summed E-state index contributed by atoms with van der Waals surface area (Å²) in [4.78, 5) is 10.00. The first kappa shape index (κ1) is 10.7. The van der Waals surface area contributed by atoms with E-state index in [2.05, 4.69) is 0 Å². The Morgan fingerprint density at radius 2 is 2.21 bits per heavy atom. The zero-order chi connectivity index (χ0) is 10.6. The van der Waals surface area contributed by atoms with E-state index < -0.39 is 11.6 Å². The van der Waals surface area contributed by atoms with E-state index in [9.17, 15) is 14.3 Å².